The van der Waals surface area contributed by atoms with Crippen LogP contribution in [0.15, 0.2) is 36.7 Å². The van der Waals surface area contributed by atoms with E-state index in [1.807, 2.05) is 4.90 Å². The molecule has 1 fully saturated rings. The number of aliphatic hydroxyl groups excluding tert-OH is 1. The summed E-state index contributed by atoms with van der Waals surface area (Å²) in [4.78, 5) is 26.6. The Kier molecular flexibility index (Phi) is 6.43. The number of nitrogens with one attached hydrogen (secondary N) is 2. The lowest BCUT2D eigenvalue weighted by Crippen LogP contribution is -2.31. The molecule has 1 aromatic carbocycles. The highest BCUT2D eigenvalue weighted by Crippen LogP contribution is 2.16. The maximum absolute atomic E-state index is 12.6. The lowest BCUT2D eigenvalue weighted by molar-refractivity contribution is 0.0761. The summed E-state index contributed by atoms with van der Waals surface area (Å²) in [6, 6.07) is 6.52. The minimum Gasteiger partial charge on any atom is -0.394 e. The highest BCUT2D eigenvalue weighted by molar-refractivity contribution is 6.00. The molecule has 3 amide bonds. The average molecular weight is 371 g/mol. The Morgan fingerprint density at radius 2 is 1.67 bits per heavy atom. The van der Waals surface area contributed by atoms with Gasteiger partial charge in [-0.15, -0.1) is 0 Å². The summed E-state index contributed by atoms with van der Waals surface area (Å²) in [5.41, 5.74) is 1.77. The van der Waals surface area contributed by atoms with Gasteiger partial charge in [0.2, 0.25) is 0 Å². The molecular weight excluding hydrogens is 346 g/mol. The zero-order valence-corrected chi connectivity index (χ0v) is 15.2. The van der Waals surface area contributed by atoms with Crippen LogP contribution in [0.4, 0.5) is 16.2 Å². The Morgan fingerprint density at radius 1 is 1.00 bits per heavy atom. The first-order chi connectivity index (χ1) is 13.2. The smallest absolute Gasteiger partial charge is 0.323 e. The van der Waals surface area contributed by atoms with Gasteiger partial charge in [-0.25, -0.2) is 4.79 Å². The third kappa shape index (κ3) is 5.30. The van der Waals surface area contributed by atoms with Gasteiger partial charge < -0.3 is 20.6 Å². The number of aliphatic hydroxyl groups is 1. The molecular formula is C19H25N5O3. The molecule has 0 saturated carbocycles. The maximum atomic E-state index is 12.6. The number of carbonyl (C=O) groups is 2. The van der Waals surface area contributed by atoms with Gasteiger partial charge >= 0.3 is 6.03 Å². The first-order valence-electron chi connectivity index (χ1n) is 9.26. The van der Waals surface area contributed by atoms with Gasteiger partial charge in [-0.1, -0.05) is 12.8 Å². The van der Waals surface area contributed by atoms with Gasteiger partial charge in [0.25, 0.3) is 5.91 Å². The van der Waals surface area contributed by atoms with Gasteiger partial charge in [0.05, 0.1) is 25.0 Å². The van der Waals surface area contributed by atoms with Crippen molar-refractivity contribution >= 4 is 23.3 Å². The highest BCUT2D eigenvalue weighted by atomic mass is 16.3. The van der Waals surface area contributed by atoms with Crippen molar-refractivity contribution in [1.29, 1.82) is 0 Å². The minimum atomic E-state index is -0.398. The fourth-order valence-corrected chi connectivity index (χ4v) is 3.10. The highest BCUT2D eigenvalue weighted by Gasteiger charge is 2.17. The lowest BCUT2D eigenvalue weighted by atomic mass is 10.1. The largest absolute Gasteiger partial charge is 0.394 e. The Morgan fingerprint density at radius 3 is 2.33 bits per heavy atom. The molecule has 0 radical (unpaired) electrons. The van der Waals surface area contributed by atoms with E-state index in [1.165, 1.54) is 19.0 Å². The fourth-order valence-electron chi connectivity index (χ4n) is 3.10. The van der Waals surface area contributed by atoms with Crippen LogP contribution in [0.5, 0.6) is 0 Å². The molecule has 8 heteroatoms. The molecule has 3 N–H and O–H groups in total. The van der Waals surface area contributed by atoms with E-state index in [9.17, 15) is 9.59 Å². The molecule has 1 saturated heterocycles. The predicted octanol–water partition coefficient (Wildman–Crippen LogP) is 2.54. The number of likely N-dealkylation sites (tertiary alicyclic amines) is 1. The van der Waals surface area contributed by atoms with Crippen molar-refractivity contribution in [2.24, 2.45) is 0 Å². The molecule has 0 unspecified atom stereocenters. The van der Waals surface area contributed by atoms with Crippen molar-refractivity contribution in [3.8, 4) is 0 Å². The second kappa shape index (κ2) is 9.18. The number of anilines is 2. The van der Waals surface area contributed by atoms with E-state index in [0.717, 1.165) is 25.9 Å². The molecule has 0 atom stereocenters. The van der Waals surface area contributed by atoms with Crippen LogP contribution in [0.3, 0.4) is 0 Å². The van der Waals surface area contributed by atoms with Crippen LogP contribution in [0.2, 0.25) is 0 Å². The molecule has 1 aromatic heterocycles. The third-order valence-corrected chi connectivity index (χ3v) is 4.50. The van der Waals surface area contributed by atoms with Crippen LogP contribution in [-0.4, -0.2) is 51.4 Å². The second-order valence-electron chi connectivity index (χ2n) is 6.58. The number of carbonyl (C=O) groups excluding carboxylic acids is 2. The van der Waals surface area contributed by atoms with Crippen LogP contribution >= 0.6 is 0 Å². The van der Waals surface area contributed by atoms with E-state index in [0.29, 0.717) is 23.5 Å². The van der Waals surface area contributed by atoms with Crippen molar-refractivity contribution in [2.45, 2.75) is 32.2 Å². The summed E-state index contributed by atoms with van der Waals surface area (Å²) in [7, 11) is 0. The average Bonchev–Trinajstić information content (AvgIpc) is 2.93. The fraction of sp³-hybridized carbons (Fsp3) is 0.421. The number of hydrogen-bond acceptors (Lipinski definition) is 4. The topological polar surface area (TPSA) is 99.5 Å². The number of rotatable bonds is 5. The van der Waals surface area contributed by atoms with Crippen LogP contribution in [0.25, 0.3) is 0 Å². The Labute approximate surface area is 158 Å². The van der Waals surface area contributed by atoms with Crippen LogP contribution < -0.4 is 10.6 Å². The van der Waals surface area contributed by atoms with Crippen LogP contribution in [0, 0.1) is 0 Å². The molecule has 0 aliphatic carbocycles. The van der Waals surface area contributed by atoms with Crippen LogP contribution in [-0.2, 0) is 6.54 Å². The normalized spacial score (nSPS) is 14.5. The summed E-state index contributed by atoms with van der Waals surface area (Å²) >= 11 is 0. The molecule has 144 valence electrons. The first kappa shape index (κ1) is 18.9. The molecule has 2 heterocycles. The van der Waals surface area contributed by atoms with E-state index in [1.54, 1.807) is 35.1 Å². The molecule has 2 aromatic rings. The zero-order valence-electron chi connectivity index (χ0n) is 15.2. The van der Waals surface area contributed by atoms with Gasteiger partial charge in [-0.3, -0.25) is 9.48 Å². The van der Waals surface area contributed by atoms with Gasteiger partial charge in [0, 0.05) is 30.5 Å². The Bertz CT molecular complexity index is 764. The lowest BCUT2D eigenvalue weighted by Gasteiger charge is -2.20. The third-order valence-electron chi connectivity index (χ3n) is 4.50. The van der Waals surface area contributed by atoms with Crippen molar-refractivity contribution in [2.75, 3.05) is 30.3 Å². The molecule has 1 aliphatic heterocycles. The maximum Gasteiger partial charge on any atom is 0.323 e. The second-order valence-corrected chi connectivity index (χ2v) is 6.58. The molecule has 0 spiro atoms. The summed E-state index contributed by atoms with van der Waals surface area (Å²) in [6.07, 6.45) is 7.62. The zero-order chi connectivity index (χ0) is 19.1. The van der Waals surface area contributed by atoms with Gasteiger partial charge in [-0.05, 0) is 37.1 Å². The summed E-state index contributed by atoms with van der Waals surface area (Å²) < 4.78 is 1.54. The van der Waals surface area contributed by atoms with E-state index in [4.69, 9.17) is 5.11 Å². The number of nitrogens with zero attached hydrogens (tertiary/aromatic N) is 3. The van der Waals surface area contributed by atoms with Crippen molar-refractivity contribution in [3.05, 3.63) is 42.2 Å². The summed E-state index contributed by atoms with van der Waals surface area (Å²) in [6.45, 7) is 1.97. The molecule has 1 aliphatic rings. The first-order valence-corrected chi connectivity index (χ1v) is 9.26. The number of aromatic nitrogens is 2. The molecule has 0 bridgehead atoms. The van der Waals surface area contributed by atoms with Gasteiger partial charge in [0.1, 0.15) is 0 Å². The predicted molar refractivity (Wildman–Crippen MR) is 103 cm³/mol. The SMILES string of the molecule is O=C(Nc1ccc(C(=O)N2CCCCCC2)cc1)Nc1cnn(CCO)c1. The van der Waals surface area contributed by atoms with E-state index in [-0.39, 0.29) is 12.5 Å². The quantitative estimate of drug-likeness (QED) is 0.752. The van der Waals surface area contributed by atoms with E-state index < -0.39 is 6.03 Å². The van der Waals surface area contributed by atoms with Crippen LogP contribution in [0.1, 0.15) is 36.0 Å². The standard InChI is InChI=1S/C19H25N5O3/c25-12-11-24-14-17(13-20-24)22-19(27)21-16-7-5-15(6-8-16)18(26)23-9-3-1-2-4-10-23/h5-8,13-14,25H,1-4,9-12H2,(H2,21,22,27). The summed E-state index contributed by atoms with van der Waals surface area (Å²) in [5.74, 6) is 0.0456. The van der Waals surface area contributed by atoms with Gasteiger partial charge in [0.15, 0.2) is 0 Å². The molecule has 27 heavy (non-hydrogen) atoms. The number of urea groups is 1. The number of benzene rings is 1. The number of amides is 3. The van der Waals surface area contributed by atoms with Crippen molar-refractivity contribution in [3.63, 3.8) is 0 Å². The van der Waals surface area contributed by atoms with Crippen molar-refractivity contribution in [1.82, 2.24) is 14.7 Å². The van der Waals surface area contributed by atoms with E-state index >= 15 is 0 Å². The number of hydrogen-bond donors (Lipinski definition) is 3. The monoisotopic (exact) mass is 371 g/mol. The Hall–Kier alpha value is -2.87. The Balaban J connectivity index is 1.54. The van der Waals surface area contributed by atoms with Gasteiger partial charge in [-0.2, -0.15) is 5.10 Å². The molecule has 8 nitrogen and oxygen atoms in total. The van der Waals surface area contributed by atoms with Crippen molar-refractivity contribution < 1.29 is 14.7 Å². The minimum absolute atomic E-state index is 0.0180. The molecule has 3 rings (SSSR count). The van der Waals surface area contributed by atoms with E-state index in [2.05, 4.69) is 15.7 Å². The summed E-state index contributed by atoms with van der Waals surface area (Å²) in [5, 5.41) is 18.3.